The monoisotopic (exact) mass is 277 g/mol. The lowest BCUT2D eigenvalue weighted by atomic mass is 10.2. The molecule has 1 saturated heterocycles. The van der Waals surface area contributed by atoms with E-state index in [1.807, 2.05) is 37.4 Å². The van der Waals surface area contributed by atoms with E-state index in [1.54, 1.807) is 4.90 Å². The van der Waals surface area contributed by atoms with Gasteiger partial charge in [-0.05, 0) is 12.0 Å². The van der Waals surface area contributed by atoms with Crippen molar-refractivity contribution in [2.75, 3.05) is 33.2 Å². The number of carbonyl (C=O) groups excluding carboxylic acids is 1. The lowest BCUT2D eigenvalue weighted by molar-refractivity contribution is 0.0918. The third-order valence-electron chi connectivity index (χ3n) is 3.73. The zero-order valence-corrected chi connectivity index (χ0v) is 12.0. The molecule has 1 fully saturated rings. The molecule has 1 aromatic rings. The van der Waals surface area contributed by atoms with E-state index < -0.39 is 0 Å². The molecule has 5 nitrogen and oxygen atoms in total. The number of rotatable bonds is 5. The highest BCUT2D eigenvalue weighted by molar-refractivity contribution is 5.67. The molecule has 1 aliphatic rings. The fourth-order valence-electron chi connectivity index (χ4n) is 2.48. The Bertz CT molecular complexity index is 424. The molecule has 5 heteroatoms. The highest BCUT2D eigenvalue weighted by atomic mass is 16.6. The van der Waals surface area contributed by atoms with E-state index >= 15 is 0 Å². The third-order valence-corrected chi connectivity index (χ3v) is 3.73. The number of hydrogen-bond acceptors (Lipinski definition) is 4. The van der Waals surface area contributed by atoms with Gasteiger partial charge in [0.2, 0.25) is 0 Å². The number of amides is 1. The quantitative estimate of drug-likeness (QED) is 0.881. The average molecular weight is 277 g/mol. The standard InChI is InChI=1S/C15H23N3O2/c1-17(14-7-9-18(11-14)10-8-16)15(19)20-12-13-5-3-2-4-6-13/h2-6,14H,7-12,16H2,1H3/t14-/m1/s1. The number of likely N-dealkylation sites (N-methyl/N-ethyl adjacent to an activating group) is 1. The molecule has 1 amide bonds. The van der Waals surface area contributed by atoms with E-state index in [4.69, 9.17) is 10.5 Å². The van der Waals surface area contributed by atoms with Crippen LogP contribution in [0.5, 0.6) is 0 Å². The Morgan fingerprint density at radius 3 is 2.90 bits per heavy atom. The second-order valence-corrected chi connectivity index (χ2v) is 5.18. The van der Waals surface area contributed by atoms with Crippen LogP contribution in [0.3, 0.4) is 0 Å². The van der Waals surface area contributed by atoms with Crippen molar-refractivity contribution in [1.82, 2.24) is 9.80 Å². The number of hydrogen-bond donors (Lipinski definition) is 1. The molecule has 2 N–H and O–H groups in total. The maximum atomic E-state index is 12.0. The summed E-state index contributed by atoms with van der Waals surface area (Å²) in [5.74, 6) is 0. The van der Waals surface area contributed by atoms with Gasteiger partial charge in [-0.2, -0.15) is 0 Å². The van der Waals surface area contributed by atoms with Gasteiger partial charge >= 0.3 is 6.09 Å². The van der Waals surface area contributed by atoms with Crippen molar-refractivity contribution < 1.29 is 9.53 Å². The van der Waals surface area contributed by atoms with Gasteiger partial charge < -0.3 is 15.4 Å². The summed E-state index contributed by atoms with van der Waals surface area (Å²) < 4.78 is 5.34. The SMILES string of the molecule is CN(C(=O)OCc1ccccc1)[C@@H]1CCN(CCN)C1. The van der Waals surface area contributed by atoms with E-state index in [0.29, 0.717) is 13.2 Å². The largest absolute Gasteiger partial charge is 0.445 e. The van der Waals surface area contributed by atoms with Crippen LogP contribution in [0, 0.1) is 0 Å². The fraction of sp³-hybridized carbons (Fsp3) is 0.533. The Morgan fingerprint density at radius 1 is 1.45 bits per heavy atom. The van der Waals surface area contributed by atoms with E-state index in [2.05, 4.69) is 4.90 Å². The van der Waals surface area contributed by atoms with Crippen molar-refractivity contribution in [3.63, 3.8) is 0 Å². The Hall–Kier alpha value is -1.59. The van der Waals surface area contributed by atoms with Gasteiger partial charge in [-0.15, -0.1) is 0 Å². The molecule has 1 aliphatic heterocycles. The molecule has 2 rings (SSSR count). The lowest BCUT2D eigenvalue weighted by Gasteiger charge is -2.24. The van der Waals surface area contributed by atoms with Gasteiger partial charge in [-0.3, -0.25) is 4.90 Å². The van der Waals surface area contributed by atoms with Crippen molar-refractivity contribution in [3.05, 3.63) is 35.9 Å². The summed E-state index contributed by atoms with van der Waals surface area (Å²) in [4.78, 5) is 16.0. The van der Waals surface area contributed by atoms with Gasteiger partial charge in [0.25, 0.3) is 0 Å². The van der Waals surface area contributed by atoms with Crippen LogP contribution < -0.4 is 5.73 Å². The Morgan fingerprint density at radius 2 is 2.20 bits per heavy atom. The predicted molar refractivity (Wildman–Crippen MR) is 78.3 cm³/mol. The van der Waals surface area contributed by atoms with Crippen LogP contribution in [-0.2, 0) is 11.3 Å². The summed E-state index contributed by atoms with van der Waals surface area (Å²) in [6, 6.07) is 9.95. The molecular weight excluding hydrogens is 254 g/mol. The van der Waals surface area contributed by atoms with Crippen molar-refractivity contribution in [2.24, 2.45) is 5.73 Å². The van der Waals surface area contributed by atoms with Gasteiger partial charge in [0.05, 0.1) is 0 Å². The maximum absolute atomic E-state index is 12.0. The lowest BCUT2D eigenvalue weighted by Crippen LogP contribution is -2.39. The van der Waals surface area contributed by atoms with E-state index in [9.17, 15) is 4.79 Å². The minimum atomic E-state index is -0.256. The van der Waals surface area contributed by atoms with Crippen LogP contribution >= 0.6 is 0 Å². The van der Waals surface area contributed by atoms with Crippen LogP contribution in [0.2, 0.25) is 0 Å². The molecule has 1 aromatic carbocycles. The summed E-state index contributed by atoms with van der Waals surface area (Å²) in [5.41, 5.74) is 6.56. The maximum Gasteiger partial charge on any atom is 0.410 e. The van der Waals surface area contributed by atoms with E-state index in [0.717, 1.165) is 31.6 Å². The molecule has 0 spiro atoms. The van der Waals surface area contributed by atoms with E-state index in [-0.39, 0.29) is 12.1 Å². The number of likely N-dealkylation sites (tertiary alicyclic amines) is 1. The number of ether oxygens (including phenoxy) is 1. The topological polar surface area (TPSA) is 58.8 Å². The van der Waals surface area contributed by atoms with Crippen LogP contribution in [0.25, 0.3) is 0 Å². The Labute approximate surface area is 120 Å². The molecule has 0 aromatic heterocycles. The average Bonchev–Trinajstić information content (AvgIpc) is 2.94. The van der Waals surface area contributed by atoms with E-state index in [1.165, 1.54) is 0 Å². The van der Waals surface area contributed by atoms with Gasteiger partial charge in [-0.25, -0.2) is 4.79 Å². The zero-order valence-electron chi connectivity index (χ0n) is 12.0. The molecule has 0 saturated carbocycles. The summed E-state index contributed by atoms with van der Waals surface area (Å²) in [6.45, 7) is 3.76. The van der Waals surface area contributed by atoms with Gasteiger partial charge in [0.1, 0.15) is 6.61 Å². The summed E-state index contributed by atoms with van der Waals surface area (Å²) >= 11 is 0. The Balaban J connectivity index is 1.78. The normalized spacial score (nSPS) is 19.0. The van der Waals surface area contributed by atoms with Crippen LogP contribution in [0.1, 0.15) is 12.0 Å². The smallest absolute Gasteiger partial charge is 0.410 e. The minimum Gasteiger partial charge on any atom is -0.445 e. The molecule has 110 valence electrons. The highest BCUT2D eigenvalue weighted by Crippen LogP contribution is 2.15. The zero-order chi connectivity index (χ0) is 14.4. The highest BCUT2D eigenvalue weighted by Gasteiger charge is 2.28. The first kappa shape index (κ1) is 14.8. The molecule has 0 aliphatic carbocycles. The molecular formula is C15H23N3O2. The number of carbonyl (C=O) groups is 1. The Kier molecular flexibility index (Phi) is 5.38. The minimum absolute atomic E-state index is 0.227. The van der Waals surface area contributed by atoms with Crippen LogP contribution in [0.4, 0.5) is 4.79 Å². The van der Waals surface area contributed by atoms with Crippen LogP contribution in [-0.4, -0.2) is 55.2 Å². The third kappa shape index (κ3) is 3.95. The number of nitrogens with zero attached hydrogens (tertiary/aromatic N) is 2. The second kappa shape index (κ2) is 7.26. The first-order chi connectivity index (χ1) is 9.70. The van der Waals surface area contributed by atoms with Crippen molar-refractivity contribution in [2.45, 2.75) is 19.1 Å². The molecule has 0 bridgehead atoms. The summed E-state index contributed by atoms with van der Waals surface area (Å²) in [7, 11) is 1.81. The predicted octanol–water partition coefficient (Wildman–Crippen LogP) is 1.29. The fourth-order valence-corrected chi connectivity index (χ4v) is 2.48. The molecule has 1 atom stereocenters. The first-order valence-corrected chi connectivity index (χ1v) is 7.06. The number of benzene rings is 1. The second-order valence-electron chi connectivity index (χ2n) is 5.18. The van der Waals surface area contributed by atoms with Crippen molar-refractivity contribution >= 4 is 6.09 Å². The summed E-state index contributed by atoms with van der Waals surface area (Å²) in [5, 5.41) is 0. The van der Waals surface area contributed by atoms with Crippen LogP contribution in [0.15, 0.2) is 30.3 Å². The summed E-state index contributed by atoms with van der Waals surface area (Å²) in [6.07, 6.45) is 0.727. The van der Waals surface area contributed by atoms with Crippen molar-refractivity contribution in [3.8, 4) is 0 Å². The number of nitrogens with two attached hydrogens (primary N) is 1. The van der Waals surface area contributed by atoms with Gasteiger partial charge in [-0.1, -0.05) is 30.3 Å². The molecule has 0 unspecified atom stereocenters. The molecule has 20 heavy (non-hydrogen) atoms. The first-order valence-electron chi connectivity index (χ1n) is 7.06. The van der Waals surface area contributed by atoms with Gasteiger partial charge in [0, 0.05) is 39.3 Å². The molecule has 1 heterocycles. The van der Waals surface area contributed by atoms with Crippen molar-refractivity contribution in [1.29, 1.82) is 0 Å². The molecule has 0 radical (unpaired) electrons. The van der Waals surface area contributed by atoms with Gasteiger partial charge in [0.15, 0.2) is 0 Å².